The van der Waals surface area contributed by atoms with E-state index < -0.39 is 15.6 Å². The smallest absolute Gasteiger partial charge is 0.240 e. The van der Waals surface area contributed by atoms with Crippen LogP contribution in [0.25, 0.3) is 0 Å². The first kappa shape index (κ1) is 16.9. The number of benzene rings is 1. The molecule has 4 nitrogen and oxygen atoms in total. The molecule has 1 rings (SSSR count). The van der Waals surface area contributed by atoms with Crippen molar-refractivity contribution in [3.63, 3.8) is 0 Å². The first-order valence-electron chi connectivity index (χ1n) is 5.91. The summed E-state index contributed by atoms with van der Waals surface area (Å²) in [6.07, 6.45) is 0.965. The zero-order valence-electron chi connectivity index (χ0n) is 10.8. The Kier molecular flexibility index (Phi) is 5.82. The molecule has 0 unspecified atom stereocenters. The van der Waals surface area contributed by atoms with Crippen molar-refractivity contribution in [1.82, 2.24) is 4.72 Å². The van der Waals surface area contributed by atoms with Gasteiger partial charge in [-0.3, -0.25) is 0 Å². The zero-order valence-corrected chi connectivity index (χ0v) is 13.9. The van der Waals surface area contributed by atoms with Crippen molar-refractivity contribution < 1.29 is 13.5 Å². The normalized spacial score (nSPS) is 12.7. The van der Waals surface area contributed by atoms with E-state index in [4.69, 9.17) is 11.6 Å². The summed E-state index contributed by atoms with van der Waals surface area (Å²) < 4.78 is 27.1. The highest BCUT2D eigenvalue weighted by atomic mass is 79.9. The molecule has 2 N–H and O–H groups in total. The molecule has 0 aliphatic carbocycles. The van der Waals surface area contributed by atoms with Crippen LogP contribution in [0, 0.1) is 0 Å². The molecule has 1 aromatic carbocycles. The Labute approximate surface area is 127 Å². The van der Waals surface area contributed by atoms with E-state index in [0.717, 1.165) is 0 Å². The summed E-state index contributed by atoms with van der Waals surface area (Å²) in [5.41, 5.74) is -1.02. The third-order valence-corrected chi connectivity index (χ3v) is 5.72. The summed E-state index contributed by atoms with van der Waals surface area (Å²) in [5, 5.41) is 10.5. The average molecular weight is 371 g/mol. The molecular weight excluding hydrogens is 354 g/mol. The SMILES string of the molecule is CCC(O)(CC)CNS(=O)(=O)c1ccc(Cl)c(Br)c1. The van der Waals surface area contributed by atoms with E-state index in [2.05, 4.69) is 20.7 Å². The lowest BCUT2D eigenvalue weighted by atomic mass is 9.98. The molecule has 108 valence electrons. The average Bonchev–Trinajstić information content (AvgIpc) is 2.39. The van der Waals surface area contributed by atoms with Crippen LogP contribution in [0.2, 0.25) is 5.02 Å². The number of aliphatic hydroxyl groups is 1. The summed E-state index contributed by atoms with van der Waals surface area (Å²) in [4.78, 5) is 0.110. The van der Waals surface area contributed by atoms with Crippen molar-refractivity contribution in [3.8, 4) is 0 Å². The summed E-state index contributed by atoms with van der Waals surface area (Å²) in [7, 11) is -3.65. The Morgan fingerprint density at radius 2 is 1.95 bits per heavy atom. The molecule has 0 saturated carbocycles. The van der Waals surface area contributed by atoms with E-state index in [1.165, 1.54) is 18.2 Å². The topological polar surface area (TPSA) is 66.4 Å². The Morgan fingerprint density at radius 1 is 1.37 bits per heavy atom. The number of halogens is 2. The van der Waals surface area contributed by atoms with Crippen LogP contribution < -0.4 is 4.72 Å². The molecule has 0 aliphatic rings. The fourth-order valence-electron chi connectivity index (χ4n) is 1.46. The molecule has 0 fully saturated rings. The van der Waals surface area contributed by atoms with Gasteiger partial charge in [-0.05, 0) is 47.0 Å². The lowest BCUT2D eigenvalue weighted by Crippen LogP contribution is -2.41. The largest absolute Gasteiger partial charge is 0.389 e. The minimum atomic E-state index is -3.65. The lowest BCUT2D eigenvalue weighted by Gasteiger charge is -2.25. The van der Waals surface area contributed by atoms with Gasteiger partial charge >= 0.3 is 0 Å². The summed E-state index contributed by atoms with van der Waals surface area (Å²) in [5.74, 6) is 0. The molecule has 0 aliphatic heterocycles. The molecule has 7 heteroatoms. The number of rotatable bonds is 6. The highest BCUT2D eigenvalue weighted by Gasteiger charge is 2.25. The summed E-state index contributed by atoms with van der Waals surface area (Å²) in [6, 6.07) is 4.36. The van der Waals surface area contributed by atoms with Gasteiger partial charge < -0.3 is 5.11 Å². The third kappa shape index (κ3) is 4.43. The highest BCUT2D eigenvalue weighted by Crippen LogP contribution is 2.25. The Bertz CT molecular complexity index is 544. The van der Waals surface area contributed by atoms with Crippen molar-refractivity contribution in [3.05, 3.63) is 27.7 Å². The molecule has 19 heavy (non-hydrogen) atoms. The summed E-state index contributed by atoms with van der Waals surface area (Å²) >= 11 is 9.01. The van der Waals surface area contributed by atoms with Crippen LogP contribution in [0.1, 0.15) is 26.7 Å². The van der Waals surface area contributed by atoms with Gasteiger partial charge in [-0.1, -0.05) is 25.4 Å². The first-order chi connectivity index (χ1) is 8.74. The van der Waals surface area contributed by atoms with Crippen LogP contribution in [0.15, 0.2) is 27.6 Å². The second kappa shape index (κ2) is 6.54. The monoisotopic (exact) mass is 369 g/mol. The van der Waals surface area contributed by atoms with Gasteiger partial charge in [0.05, 0.1) is 15.5 Å². The van der Waals surface area contributed by atoms with Crippen LogP contribution in [-0.2, 0) is 10.0 Å². The van der Waals surface area contributed by atoms with Gasteiger partial charge in [-0.25, -0.2) is 13.1 Å². The second-order valence-electron chi connectivity index (χ2n) is 4.33. The Balaban J connectivity index is 2.90. The van der Waals surface area contributed by atoms with Crippen molar-refractivity contribution >= 4 is 37.6 Å². The molecule has 0 aromatic heterocycles. The van der Waals surface area contributed by atoms with Crippen molar-refractivity contribution in [2.45, 2.75) is 37.2 Å². The van der Waals surface area contributed by atoms with Crippen LogP contribution in [0.3, 0.4) is 0 Å². The van der Waals surface area contributed by atoms with E-state index in [1.807, 2.05) is 13.8 Å². The maximum Gasteiger partial charge on any atom is 0.240 e. The van der Waals surface area contributed by atoms with Gasteiger partial charge in [-0.15, -0.1) is 0 Å². The minimum Gasteiger partial charge on any atom is -0.389 e. The molecule has 0 spiro atoms. The van der Waals surface area contributed by atoms with Gasteiger partial charge in [0.25, 0.3) is 0 Å². The first-order valence-corrected chi connectivity index (χ1v) is 8.56. The number of nitrogens with one attached hydrogen (secondary N) is 1. The van der Waals surface area contributed by atoms with Gasteiger partial charge in [0, 0.05) is 11.0 Å². The summed E-state index contributed by atoms with van der Waals surface area (Å²) in [6.45, 7) is 3.62. The van der Waals surface area contributed by atoms with Crippen LogP contribution in [-0.4, -0.2) is 25.7 Å². The van der Waals surface area contributed by atoms with Crippen LogP contribution >= 0.6 is 27.5 Å². The molecule has 0 atom stereocenters. The van der Waals surface area contributed by atoms with E-state index in [9.17, 15) is 13.5 Å². The number of sulfonamides is 1. The predicted molar refractivity (Wildman–Crippen MR) is 79.9 cm³/mol. The van der Waals surface area contributed by atoms with Crippen molar-refractivity contribution in [1.29, 1.82) is 0 Å². The maximum atomic E-state index is 12.1. The van der Waals surface area contributed by atoms with Gasteiger partial charge in [0.2, 0.25) is 10.0 Å². The zero-order chi connectivity index (χ0) is 14.7. The molecule has 0 bridgehead atoms. The van der Waals surface area contributed by atoms with Gasteiger partial charge in [-0.2, -0.15) is 0 Å². The van der Waals surface area contributed by atoms with Crippen LogP contribution in [0.4, 0.5) is 0 Å². The third-order valence-electron chi connectivity index (χ3n) is 3.11. The fraction of sp³-hybridized carbons (Fsp3) is 0.500. The van der Waals surface area contributed by atoms with Crippen molar-refractivity contribution in [2.75, 3.05) is 6.54 Å². The second-order valence-corrected chi connectivity index (χ2v) is 7.36. The van der Waals surface area contributed by atoms with Crippen LogP contribution in [0.5, 0.6) is 0 Å². The Hall–Kier alpha value is -0.140. The molecule has 0 amide bonds. The quantitative estimate of drug-likeness (QED) is 0.809. The standard InChI is InChI=1S/C12H17BrClNO3S/c1-3-12(16,4-2)8-15-19(17,18)9-5-6-11(14)10(13)7-9/h5-7,15-16H,3-4,8H2,1-2H3. The van der Waals surface area contributed by atoms with E-state index in [1.54, 1.807) is 0 Å². The lowest BCUT2D eigenvalue weighted by molar-refractivity contribution is 0.0377. The molecule has 0 radical (unpaired) electrons. The van der Waals surface area contributed by atoms with Crippen molar-refractivity contribution in [2.24, 2.45) is 0 Å². The van der Waals surface area contributed by atoms with Gasteiger partial charge in [0.1, 0.15) is 0 Å². The molecule has 0 heterocycles. The van der Waals surface area contributed by atoms with Gasteiger partial charge in [0.15, 0.2) is 0 Å². The number of hydrogen-bond acceptors (Lipinski definition) is 3. The molecular formula is C12H17BrClNO3S. The number of hydrogen-bond donors (Lipinski definition) is 2. The Morgan fingerprint density at radius 3 is 2.42 bits per heavy atom. The minimum absolute atomic E-state index is 0.0113. The van der Waals surface area contributed by atoms with E-state index in [0.29, 0.717) is 22.3 Å². The maximum absolute atomic E-state index is 12.1. The fourth-order valence-corrected chi connectivity index (χ4v) is 3.25. The van der Waals surface area contributed by atoms with E-state index >= 15 is 0 Å². The predicted octanol–water partition coefficient (Wildman–Crippen LogP) is 2.93. The molecule has 0 saturated heterocycles. The van der Waals surface area contributed by atoms with E-state index in [-0.39, 0.29) is 11.4 Å². The highest BCUT2D eigenvalue weighted by molar-refractivity contribution is 9.10. The molecule has 1 aromatic rings.